The van der Waals surface area contributed by atoms with Crippen molar-refractivity contribution in [3.63, 3.8) is 0 Å². The van der Waals surface area contributed by atoms with E-state index >= 15 is 0 Å². The van der Waals surface area contributed by atoms with Crippen molar-refractivity contribution < 1.29 is 4.74 Å². The first-order chi connectivity index (χ1) is 8.49. The Morgan fingerprint density at radius 2 is 1.83 bits per heavy atom. The van der Waals surface area contributed by atoms with E-state index in [4.69, 9.17) is 4.74 Å². The summed E-state index contributed by atoms with van der Waals surface area (Å²) >= 11 is 0. The number of nitrogens with one attached hydrogen (secondary N) is 1. The molecule has 0 heterocycles. The Bertz CT molecular complexity index is 371. The molecule has 0 bridgehead atoms. The maximum atomic E-state index is 5.42. The van der Waals surface area contributed by atoms with Gasteiger partial charge in [0.15, 0.2) is 0 Å². The van der Waals surface area contributed by atoms with Crippen LogP contribution in [0, 0.1) is 5.92 Å². The minimum Gasteiger partial charge on any atom is -0.496 e. The minimum absolute atomic E-state index is 0.493. The Morgan fingerprint density at radius 3 is 2.28 bits per heavy atom. The molecule has 1 atom stereocenters. The lowest BCUT2D eigenvalue weighted by Crippen LogP contribution is -2.32. The lowest BCUT2D eigenvalue weighted by molar-refractivity contribution is 0.405. The summed E-state index contributed by atoms with van der Waals surface area (Å²) in [5.74, 6) is 2.13. The third-order valence-corrected chi connectivity index (χ3v) is 3.55. The van der Waals surface area contributed by atoms with Crippen molar-refractivity contribution in [1.82, 2.24) is 5.32 Å². The number of benzene rings is 1. The van der Waals surface area contributed by atoms with Crippen molar-refractivity contribution in [3.05, 3.63) is 29.3 Å². The highest BCUT2D eigenvalue weighted by Crippen LogP contribution is 2.28. The standard InChI is InChI=1S/C16H27NO/c1-11(2)14-9-13(7-8-16(14)18-6)10-15(17-5)12(3)4/h7-9,11-12,15,17H,10H2,1-6H3. The Labute approximate surface area is 112 Å². The fourth-order valence-corrected chi connectivity index (χ4v) is 2.29. The van der Waals surface area contributed by atoms with Crippen LogP contribution in [-0.2, 0) is 6.42 Å². The molecule has 0 amide bonds. The van der Waals surface area contributed by atoms with Crippen molar-refractivity contribution in [2.24, 2.45) is 5.92 Å². The molecule has 1 aromatic rings. The lowest BCUT2D eigenvalue weighted by atomic mass is 9.93. The highest BCUT2D eigenvalue weighted by Gasteiger charge is 2.14. The van der Waals surface area contributed by atoms with Crippen molar-refractivity contribution in [3.8, 4) is 5.75 Å². The van der Waals surface area contributed by atoms with Crippen LogP contribution in [0.3, 0.4) is 0 Å². The van der Waals surface area contributed by atoms with E-state index in [1.54, 1.807) is 7.11 Å². The van der Waals surface area contributed by atoms with Gasteiger partial charge in [0.1, 0.15) is 5.75 Å². The Morgan fingerprint density at radius 1 is 1.17 bits per heavy atom. The summed E-state index contributed by atoms with van der Waals surface area (Å²) in [6.45, 7) is 8.93. The van der Waals surface area contributed by atoms with E-state index in [0.29, 0.717) is 17.9 Å². The molecule has 1 N–H and O–H groups in total. The topological polar surface area (TPSA) is 21.3 Å². The van der Waals surface area contributed by atoms with Gasteiger partial charge in [0.2, 0.25) is 0 Å². The van der Waals surface area contributed by atoms with Gasteiger partial charge in [-0.2, -0.15) is 0 Å². The lowest BCUT2D eigenvalue weighted by Gasteiger charge is -2.21. The van der Waals surface area contributed by atoms with Crippen molar-refractivity contribution in [2.75, 3.05) is 14.2 Å². The molecule has 0 fully saturated rings. The van der Waals surface area contributed by atoms with E-state index in [1.807, 2.05) is 7.05 Å². The summed E-state index contributed by atoms with van der Waals surface area (Å²) in [4.78, 5) is 0. The van der Waals surface area contributed by atoms with Crippen LogP contribution in [0.1, 0.15) is 44.7 Å². The molecule has 1 rings (SSSR count). The predicted molar refractivity (Wildman–Crippen MR) is 78.5 cm³/mol. The van der Waals surface area contributed by atoms with E-state index < -0.39 is 0 Å². The molecule has 1 aromatic carbocycles. The third-order valence-electron chi connectivity index (χ3n) is 3.55. The highest BCUT2D eigenvalue weighted by atomic mass is 16.5. The molecule has 1 unspecified atom stereocenters. The van der Waals surface area contributed by atoms with Crippen LogP contribution in [0.15, 0.2) is 18.2 Å². The largest absolute Gasteiger partial charge is 0.496 e. The molecular weight excluding hydrogens is 222 g/mol. The van der Waals surface area contributed by atoms with Gasteiger partial charge < -0.3 is 10.1 Å². The molecule has 0 aliphatic heterocycles. The number of methoxy groups -OCH3 is 1. The molecule has 0 radical (unpaired) electrons. The van der Waals surface area contributed by atoms with Crippen LogP contribution in [0.2, 0.25) is 0 Å². The second-order valence-electron chi connectivity index (χ2n) is 5.57. The van der Waals surface area contributed by atoms with Gasteiger partial charge in [0.05, 0.1) is 7.11 Å². The van der Waals surface area contributed by atoms with Gasteiger partial charge >= 0.3 is 0 Å². The molecular formula is C16H27NO. The van der Waals surface area contributed by atoms with Crippen LogP contribution in [0.4, 0.5) is 0 Å². The molecule has 102 valence electrons. The third kappa shape index (κ3) is 3.74. The number of rotatable bonds is 6. The molecule has 0 saturated heterocycles. The summed E-state index contributed by atoms with van der Waals surface area (Å²) in [7, 11) is 3.78. The van der Waals surface area contributed by atoms with E-state index in [9.17, 15) is 0 Å². The summed E-state index contributed by atoms with van der Waals surface area (Å²) < 4.78 is 5.42. The second-order valence-corrected chi connectivity index (χ2v) is 5.57. The molecule has 0 aliphatic carbocycles. The summed E-state index contributed by atoms with van der Waals surface area (Å²) in [6.07, 6.45) is 1.07. The Hall–Kier alpha value is -1.02. The smallest absolute Gasteiger partial charge is 0.122 e. The normalized spacial score (nSPS) is 13.1. The molecule has 0 spiro atoms. The van der Waals surface area contributed by atoms with Gasteiger partial charge in [-0.1, -0.05) is 39.8 Å². The fourth-order valence-electron chi connectivity index (χ4n) is 2.29. The molecule has 0 aliphatic rings. The van der Waals surface area contributed by atoms with E-state index in [2.05, 4.69) is 51.2 Å². The monoisotopic (exact) mass is 249 g/mol. The minimum atomic E-state index is 0.493. The van der Waals surface area contributed by atoms with Gasteiger partial charge in [-0.05, 0) is 42.5 Å². The van der Waals surface area contributed by atoms with Crippen molar-refractivity contribution in [2.45, 2.75) is 46.1 Å². The van der Waals surface area contributed by atoms with Gasteiger partial charge in [-0.15, -0.1) is 0 Å². The van der Waals surface area contributed by atoms with Gasteiger partial charge in [-0.3, -0.25) is 0 Å². The summed E-state index contributed by atoms with van der Waals surface area (Å²) in [5.41, 5.74) is 2.68. The zero-order chi connectivity index (χ0) is 13.7. The Balaban J connectivity index is 2.94. The average molecular weight is 249 g/mol. The maximum absolute atomic E-state index is 5.42. The first-order valence-corrected chi connectivity index (χ1v) is 6.83. The predicted octanol–water partition coefficient (Wildman–Crippen LogP) is 3.61. The zero-order valence-corrected chi connectivity index (χ0v) is 12.6. The molecule has 0 saturated carbocycles. The average Bonchev–Trinajstić information content (AvgIpc) is 2.35. The quantitative estimate of drug-likeness (QED) is 0.831. The van der Waals surface area contributed by atoms with Crippen molar-refractivity contribution in [1.29, 1.82) is 0 Å². The fraction of sp³-hybridized carbons (Fsp3) is 0.625. The highest BCUT2D eigenvalue weighted by molar-refractivity contribution is 5.39. The molecule has 18 heavy (non-hydrogen) atoms. The maximum Gasteiger partial charge on any atom is 0.122 e. The SMILES string of the molecule is CNC(Cc1ccc(OC)c(C(C)C)c1)C(C)C. The van der Waals surface area contributed by atoms with Crippen LogP contribution >= 0.6 is 0 Å². The van der Waals surface area contributed by atoms with Crippen LogP contribution in [0.25, 0.3) is 0 Å². The van der Waals surface area contributed by atoms with Crippen LogP contribution < -0.4 is 10.1 Å². The van der Waals surface area contributed by atoms with Gasteiger partial charge in [0.25, 0.3) is 0 Å². The number of likely N-dealkylation sites (N-methyl/N-ethyl adjacent to an activating group) is 1. The zero-order valence-electron chi connectivity index (χ0n) is 12.6. The Kier molecular flexibility index (Phi) is 5.67. The summed E-state index contributed by atoms with van der Waals surface area (Å²) in [6, 6.07) is 7.09. The second kappa shape index (κ2) is 6.79. The van der Waals surface area contributed by atoms with Crippen LogP contribution in [-0.4, -0.2) is 20.2 Å². The summed E-state index contributed by atoms with van der Waals surface area (Å²) in [5, 5.41) is 3.40. The number of hydrogen-bond acceptors (Lipinski definition) is 2. The first-order valence-electron chi connectivity index (χ1n) is 6.83. The van der Waals surface area contributed by atoms with E-state index in [1.165, 1.54) is 11.1 Å². The van der Waals surface area contributed by atoms with Crippen molar-refractivity contribution >= 4 is 0 Å². The van der Waals surface area contributed by atoms with Gasteiger partial charge in [0, 0.05) is 6.04 Å². The van der Waals surface area contributed by atoms with E-state index in [0.717, 1.165) is 12.2 Å². The number of ether oxygens (including phenoxy) is 1. The van der Waals surface area contributed by atoms with Crippen LogP contribution in [0.5, 0.6) is 5.75 Å². The molecule has 2 heteroatoms. The van der Waals surface area contributed by atoms with Gasteiger partial charge in [-0.25, -0.2) is 0 Å². The van der Waals surface area contributed by atoms with E-state index in [-0.39, 0.29) is 0 Å². The first kappa shape index (κ1) is 15.0. The molecule has 0 aromatic heterocycles. The number of hydrogen-bond donors (Lipinski definition) is 1. The molecule has 2 nitrogen and oxygen atoms in total.